The fourth-order valence-corrected chi connectivity index (χ4v) is 5.96. The zero-order valence-electron chi connectivity index (χ0n) is 18.1. The van der Waals surface area contributed by atoms with E-state index in [-0.39, 0.29) is 34.5 Å². The first-order valence-corrected chi connectivity index (χ1v) is 13.2. The number of halogens is 2. The third-order valence-corrected chi connectivity index (χ3v) is 8.55. The van der Waals surface area contributed by atoms with Gasteiger partial charge in [-0.3, -0.25) is 14.6 Å². The topological polar surface area (TPSA) is 79.8 Å². The zero-order valence-corrected chi connectivity index (χ0v) is 21.3. The molecular weight excluding hydrogens is 505 g/mol. The van der Waals surface area contributed by atoms with Gasteiger partial charge >= 0.3 is 0 Å². The molecular formula is C22H25Cl2N3O4S2. The molecule has 11 heteroatoms. The van der Waals surface area contributed by atoms with Crippen LogP contribution in [0.25, 0.3) is 10.2 Å². The Bertz CT molecular complexity index is 1230. The molecule has 178 valence electrons. The average molecular weight is 530 g/mol. The number of morpholine rings is 1. The minimum absolute atomic E-state index is 0. The number of nitrogens with zero attached hydrogens (tertiary/aromatic N) is 3. The Balaban J connectivity index is 0.00000306. The van der Waals surface area contributed by atoms with Gasteiger partial charge in [0.05, 0.1) is 39.1 Å². The Labute approximate surface area is 208 Å². The van der Waals surface area contributed by atoms with Crippen LogP contribution in [0.1, 0.15) is 17.3 Å². The number of benzene rings is 2. The summed E-state index contributed by atoms with van der Waals surface area (Å²) in [6.07, 6.45) is 0. The number of carbonyl (C=O) groups is 1. The number of carbonyl (C=O) groups excluding carboxylic acids is 1. The minimum atomic E-state index is -3.57. The molecule has 1 aromatic heterocycles. The van der Waals surface area contributed by atoms with Gasteiger partial charge in [0.2, 0.25) is 0 Å². The molecule has 1 fully saturated rings. The Morgan fingerprint density at radius 2 is 1.91 bits per heavy atom. The van der Waals surface area contributed by atoms with Gasteiger partial charge in [-0.05, 0) is 24.3 Å². The summed E-state index contributed by atoms with van der Waals surface area (Å²) in [7, 11) is -3.57. The van der Waals surface area contributed by atoms with E-state index in [9.17, 15) is 13.2 Å². The molecule has 1 amide bonds. The lowest BCUT2D eigenvalue weighted by Crippen LogP contribution is -2.43. The molecule has 33 heavy (non-hydrogen) atoms. The van der Waals surface area contributed by atoms with Crippen molar-refractivity contribution in [3.8, 4) is 0 Å². The van der Waals surface area contributed by atoms with E-state index in [4.69, 9.17) is 16.3 Å². The summed E-state index contributed by atoms with van der Waals surface area (Å²) >= 11 is 7.68. The molecule has 0 aliphatic carbocycles. The van der Waals surface area contributed by atoms with Crippen LogP contribution in [0.2, 0.25) is 5.02 Å². The number of amides is 1. The van der Waals surface area contributed by atoms with Gasteiger partial charge in [-0.2, -0.15) is 0 Å². The molecule has 3 aromatic rings. The van der Waals surface area contributed by atoms with Crippen molar-refractivity contribution in [2.75, 3.05) is 50.0 Å². The monoisotopic (exact) mass is 529 g/mol. The first-order chi connectivity index (χ1) is 15.4. The van der Waals surface area contributed by atoms with Crippen LogP contribution < -0.4 is 4.90 Å². The normalized spacial score (nSPS) is 14.7. The lowest BCUT2D eigenvalue weighted by molar-refractivity contribution is 0.0391. The average Bonchev–Trinajstić information content (AvgIpc) is 3.25. The van der Waals surface area contributed by atoms with E-state index in [1.54, 1.807) is 36.1 Å². The highest BCUT2D eigenvalue weighted by Gasteiger charge is 2.28. The maximum absolute atomic E-state index is 13.7. The van der Waals surface area contributed by atoms with Crippen LogP contribution in [0.4, 0.5) is 5.13 Å². The molecule has 4 rings (SSSR count). The Morgan fingerprint density at radius 3 is 2.61 bits per heavy atom. The third kappa shape index (κ3) is 5.67. The lowest BCUT2D eigenvalue weighted by Gasteiger charge is -2.29. The summed E-state index contributed by atoms with van der Waals surface area (Å²) in [5.41, 5.74) is 0.787. The van der Waals surface area contributed by atoms with E-state index < -0.39 is 9.84 Å². The number of rotatable bonds is 7. The highest BCUT2D eigenvalue weighted by molar-refractivity contribution is 7.91. The summed E-state index contributed by atoms with van der Waals surface area (Å²) in [5.74, 6) is -0.469. The highest BCUT2D eigenvalue weighted by atomic mass is 35.5. The molecule has 1 saturated heterocycles. The molecule has 0 spiro atoms. The fraction of sp³-hybridized carbons (Fsp3) is 0.364. The number of hydrogen-bond donors (Lipinski definition) is 0. The van der Waals surface area contributed by atoms with Crippen molar-refractivity contribution in [2.24, 2.45) is 0 Å². The molecule has 7 nitrogen and oxygen atoms in total. The third-order valence-electron chi connectivity index (χ3n) is 5.41. The standard InChI is InChI=1S/C22H24ClN3O4S2.ClH/c1-2-32(28,29)19-9-4-3-6-16(19)21(27)26(11-10-25-12-14-30-15-13-25)22-24-20-17(23)7-5-8-18(20)31-22;/h3-9H,2,10-15H2,1H3;1H. The van der Waals surface area contributed by atoms with Gasteiger partial charge in [0.25, 0.3) is 5.91 Å². The maximum atomic E-state index is 13.7. The van der Waals surface area contributed by atoms with Gasteiger partial charge < -0.3 is 4.74 Å². The highest BCUT2D eigenvalue weighted by Crippen LogP contribution is 2.34. The predicted molar refractivity (Wildman–Crippen MR) is 135 cm³/mol. The van der Waals surface area contributed by atoms with Crippen LogP contribution in [0.5, 0.6) is 0 Å². The number of thiazole rings is 1. The number of fused-ring (bicyclic) bond motifs is 1. The molecule has 2 aromatic carbocycles. The van der Waals surface area contributed by atoms with Gasteiger partial charge in [0.1, 0.15) is 5.52 Å². The van der Waals surface area contributed by atoms with Gasteiger partial charge in [-0.15, -0.1) is 12.4 Å². The van der Waals surface area contributed by atoms with Crippen molar-refractivity contribution in [3.63, 3.8) is 0 Å². The van der Waals surface area contributed by atoms with Crippen LogP contribution in [0.15, 0.2) is 47.4 Å². The lowest BCUT2D eigenvalue weighted by atomic mass is 10.2. The van der Waals surface area contributed by atoms with Gasteiger partial charge in [-0.1, -0.05) is 48.1 Å². The van der Waals surface area contributed by atoms with Crippen molar-refractivity contribution in [1.29, 1.82) is 0 Å². The molecule has 1 aliphatic rings. The number of para-hydroxylation sites is 1. The van der Waals surface area contributed by atoms with Gasteiger partial charge in [-0.25, -0.2) is 13.4 Å². The second kappa shape index (κ2) is 11.1. The minimum Gasteiger partial charge on any atom is -0.379 e. The SMILES string of the molecule is CCS(=O)(=O)c1ccccc1C(=O)N(CCN1CCOCC1)c1nc2c(Cl)cccc2s1.Cl. The summed E-state index contributed by atoms with van der Waals surface area (Å²) in [6, 6.07) is 11.9. The van der Waals surface area contributed by atoms with E-state index in [1.165, 1.54) is 17.4 Å². The van der Waals surface area contributed by atoms with E-state index in [0.29, 0.717) is 42.0 Å². The summed E-state index contributed by atoms with van der Waals surface area (Å²) in [4.78, 5) is 22.2. The summed E-state index contributed by atoms with van der Waals surface area (Å²) in [6.45, 7) is 5.45. The van der Waals surface area contributed by atoms with Crippen molar-refractivity contribution < 1.29 is 17.9 Å². The Hall–Kier alpha value is -1.75. The van der Waals surface area contributed by atoms with Crippen molar-refractivity contribution in [3.05, 3.63) is 53.1 Å². The Kier molecular flexibility index (Phi) is 8.71. The predicted octanol–water partition coefficient (Wildman–Crippen LogP) is 4.14. The second-order valence-corrected chi connectivity index (χ2v) is 11.1. The van der Waals surface area contributed by atoms with E-state index in [0.717, 1.165) is 17.8 Å². The number of sulfone groups is 1. The van der Waals surface area contributed by atoms with Crippen LogP contribution in [0.3, 0.4) is 0 Å². The van der Waals surface area contributed by atoms with E-state index in [1.807, 2.05) is 12.1 Å². The quantitative estimate of drug-likeness (QED) is 0.457. The van der Waals surface area contributed by atoms with Crippen LogP contribution in [-0.2, 0) is 14.6 Å². The van der Waals surface area contributed by atoms with Gasteiger partial charge in [0.15, 0.2) is 15.0 Å². The molecule has 0 unspecified atom stereocenters. The number of aromatic nitrogens is 1. The van der Waals surface area contributed by atoms with E-state index >= 15 is 0 Å². The maximum Gasteiger partial charge on any atom is 0.261 e. The number of hydrogen-bond acceptors (Lipinski definition) is 7. The van der Waals surface area contributed by atoms with Crippen molar-refractivity contribution >= 4 is 66.4 Å². The van der Waals surface area contributed by atoms with Crippen LogP contribution >= 0.6 is 35.3 Å². The summed E-state index contributed by atoms with van der Waals surface area (Å²) in [5, 5.41) is 1.01. The molecule has 1 aliphatic heterocycles. The smallest absolute Gasteiger partial charge is 0.261 e. The number of ether oxygens (including phenoxy) is 1. The molecule has 0 radical (unpaired) electrons. The summed E-state index contributed by atoms with van der Waals surface area (Å²) < 4.78 is 31.6. The zero-order chi connectivity index (χ0) is 22.7. The van der Waals surface area contributed by atoms with Crippen LogP contribution in [0, 0.1) is 0 Å². The van der Waals surface area contributed by atoms with Crippen molar-refractivity contribution in [1.82, 2.24) is 9.88 Å². The van der Waals surface area contributed by atoms with Crippen LogP contribution in [-0.4, -0.2) is 69.4 Å². The second-order valence-electron chi connectivity index (χ2n) is 7.39. The largest absolute Gasteiger partial charge is 0.379 e. The molecule has 0 atom stereocenters. The molecule has 0 saturated carbocycles. The Morgan fingerprint density at radius 1 is 1.18 bits per heavy atom. The molecule has 0 N–H and O–H groups in total. The van der Waals surface area contributed by atoms with E-state index in [2.05, 4.69) is 9.88 Å². The van der Waals surface area contributed by atoms with Crippen molar-refractivity contribution in [2.45, 2.75) is 11.8 Å². The fourth-order valence-electron chi connectivity index (χ4n) is 3.58. The van der Waals surface area contributed by atoms with Gasteiger partial charge in [0, 0.05) is 26.2 Å². The first-order valence-electron chi connectivity index (χ1n) is 10.4. The number of anilines is 1. The molecule has 2 heterocycles. The molecule has 0 bridgehead atoms. The first kappa shape index (κ1) is 25.9.